The number of amides is 1. The molecule has 2 atom stereocenters. The van der Waals surface area contributed by atoms with Crippen molar-refractivity contribution in [3.05, 3.63) is 0 Å². The van der Waals surface area contributed by atoms with Gasteiger partial charge in [0.05, 0.1) is 18.0 Å². The Kier molecular flexibility index (Phi) is 4.82. The van der Waals surface area contributed by atoms with Crippen molar-refractivity contribution in [3.8, 4) is 0 Å². The second kappa shape index (κ2) is 6.16. The molecule has 98 valence electrons. The van der Waals surface area contributed by atoms with Crippen LogP contribution in [0.2, 0.25) is 0 Å². The van der Waals surface area contributed by atoms with E-state index < -0.39 is 0 Å². The summed E-state index contributed by atoms with van der Waals surface area (Å²) in [4.78, 5) is 16.5. The zero-order valence-corrected chi connectivity index (χ0v) is 12.0. The number of hydrogen-bond acceptors (Lipinski definition) is 3. The standard InChI is InChI=1S/C12H21BrN2O2/c1-10(9-14-5-7-17-8-6-14)15-4-2-3-11(13)12(15)16/h10-11H,2-9H2,1H3. The quantitative estimate of drug-likeness (QED) is 0.732. The summed E-state index contributed by atoms with van der Waals surface area (Å²) in [5.41, 5.74) is 0. The predicted octanol–water partition coefficient (Wildman–Crippen LogP) is 1.09. The van der Waals surface area contributed by atoms with Crippen LogP contribution in [0, 0.1) is 0 Å². The maximum atomic E-state index is 12.0. The molecule has 2 aliphatic rings. The van der Waals surface area contributed by atoms with Gasteiger partial charge in [0.15, 0.2) is 0 Å². The molecule has 5 heteroatoms. The van der Waals surface area contributed by atoms with E-state index in [0.29, 0.717) is 6.04 Å². The van der Waals surface area contributed by atoms with Gasteiger partial charge < -0.3 is 9.64 Å². The highest BCUT2D eigenvalue weighted by Gasteiger charge is 2.30. The number of ether oxygens (including phenoxy) is 1. The monoisotopic (exact) mass is 304 g/mol. The first-order valence-corrected chi connectivity index (χ1v) is 7.34. The normalized spacial score (nSPS) is 29.4. The summed E-state index contributed by atoms with van der Waals surface area (Å²) in [6.45, 7) is 7.65. The molecule has 4 nitrogen and oxygen atoms in total. The number of halogens is 1. The van der Waals surface area contributed by atoms with Crippen molar-refractivity contribution in [2.75, 3.05) is 39.4 Å². The van der Waals surface area contributed by atoms with Gasteiger partial charge in [0.1, 0.15) is 0 Å². The van der Waals surface area contributed by atoms with Crippen LogP contribution in [0.25, 0.3) is 0 Å². The highest BCUT2D eigenvalue weighted by atomic mass is 79.9. The minimum absolute atomic E-state index is 0.0309. The number of rotatable bonds is 3. The molecule has 1 amide bonds. The number of piperidine rings is 1. The number of carbonyl (C=O) groups excluding carboxylic acids is 1. The second-order valence-electron chi connectivity index (χ2n) is 4.90. The first-order chi connectivity index (χ1) is 8.18. The molecule has 0 aromatic carbocycles. The summed E-state index contributed by atoms with van der Waals surface area (Å²) in [5, 5.41) is 0. The van der Waals surface area contributed by atoms with E-state index in [9.17, 15) is 4.79 Å². The van der Waals surface area contributed by atoms with Crippen molar-refractivity contribution < 1.29 is 9.53 Å². The first kappa shape index (κ1) is 13.3. The summed E-state index contributed by atoms with van der Waals surface area (Å²) < 4.78 is 5.34. The van der Waals surface area contributed by atoms with Gasteiger partial charge in [-0.3, -0.25) is 9.69 Å². The Morgan fingerprint density at radius 1 is 1.41 bits per heavy atom. The molecule has 0 aromatic heterocycles. The van der Waals surface area contributed by atoms with Crippen LogP contribution in [0.1, 0.15) is 19.8 Å². The van der Waals surface area contributed by atoms with Crippen molar-refractivity contribution in [1.82, 2.24) is 9.80 Å². The Morgan fingerprint density at radius 2 is 2.12 bits per heavy atom. The topological polar surface area (TPSA) is 32.8 Å². The summed E-state index contributed by atoms with van der Waals surface area (Å²) >= 11 is 3.46. The summed E-state index contributed by atoms with van der Waals surface area (Å²) in [7, 11) is 0. The fourth-order valence-electron chi connectivity index (χ4n) is 2.55. The van der Waals surface area contributed by atoms with E-state index in [1.54, 1.807) is 0 Å². The van der Waals surface area contributed by atoms with E-state index in [4.69, 9.17) is 4.74 Å². The molecular formula is C12H21BrN2O2. The zero-order valence-electron chi connectivity index (χ0n) is 10.4. The third-order valence-electron chi connectivity index (χ3n) is 3.57. The molecule has 0 aliphatic carbocycles. The van der Waals surface area contributed by atoms with Crippen LogP contribution < -0.4 is 0 Å². The van der Waals surface area contributed by atoms with Gasteiger partial charge in [-0.1, -0.05) is 15.9 Å². The molecular weight excluding hydrogens is 284 g/mol. The molecule has 0 N–H and O–H groups in total. The van der Waals surface area contributed by atoms with Gasteiger partial charge in [-0.2, -0.15) is 0 Å². The minimum atomic E-state index is 0.0309. The molecule has 2 rings (SSSR count). The molecule has 0 bridgehead atoms. The van der Waals surface area contributed by atoms with Crippen LogP contribution >= 0.6 is 15.9 Å². The van der Waals surface area contributed by atoms with Crippen molar-refractivity contribution in [3.63, 3.8) is 0 Å². The van der Waals surface area contributed by atoms with Crippen LogP contribution in [0.15, 0.2) is 0 Å². The van der Waals surface area contributed by atoms with Gasteiger partial charge in [-0.05, 0) is 19.8 Å². The molecule has 2 aliphatic heterocycles. The SMILES string of the molecule is CC(CN1CCOCC1)N1CCCC(Br)C1=O. The lowest BCUT2D eigenvalue weighted by molar-refractivity contribution is -0.135. The van der Waals surface area contributed by atoms with E-state index in [2.05, 4.69) is 27.8 Å². The molecule has 17 heavy (non-hydrogen) atoms. The number of carbonyl (C=O) groups is 1. The molecule has 0 radical (unpaired) electrons. The minimum Gasteiger partial charge on any atom is -0.379 e. The van der Waals surface area contributed by atoms with Crippen LogP contribution in [0.4, 0.5) is 0 Å². The maximum absolute atomic E-state index is 12.0. The highest BCUT2D eigenvalue weighted by Crippen LogP contribution is 2.20. The summed E-state index contributed by atoms with van der Waals surface area (Å²) in [6.07, 6.45) is 2.08. The molecule has 0 aromatic rings. The molecule has 0 spiro atoms. The Balaban J connectivity index is 1.85. The van der Waals surface area contributed by atoms with E-state index in [0.717, 1.165) is 52.2 Å². The van der Waals surface area contributed by atoms with Crippen LogP contribution in [0.3, 0.4) is 0 Å². The molecule has 2 saturated heterocycles. The zero-order chi connectivity index (χ0) is 12.3. The molecule has 0 saturated carbocycles. The lowest BCUT2D eigenvalue weighted by Crippen LogP contribution is -2.52. The number of alkyl halides is 1. The third-order valence-corrected chi connectivity index (χ3v) is 4.42. The average molecular weight is 305 g/mol. The van der Waals surface area contributed by atoms with Crippen molar-refractivity contribution in [1.29, 1.82) is 0 Å². The predicted molar refractivity (Wildman–Crippen MR) is 70.4 cm³/mol. The fraction of sp³-hybridized carbons (Fsp3) is 0.917. The number of likely N-dealkylation sites (tertiary alicyclic amines) is 1. The Bertz CT molecular complexity index is 269. The molecule has 2 heterocycles. The number of nitrogens with zero attached hydrogens (tertiary/aromatic N) is 2. The van der Waals surface area contributed by atoms with Crippen molar-refractivity contribution >= 4 is 21.8 Å². The number of morpholine rings is 1. The van der Waals surface area contributed by atoms with Gasteiger partial charge in [0.25, 0.3) is 0 Å². The third kappa shape index (κ3) is 3.42. The fourth-order valence-corrected chi connectivity index (χ4v) is 3.13. The molecule has 2 fully saturated rings. The van der Waals surface area contributed by atoms with Gasteiger partial charge in [0.2, 0.25) is 5.91 Å². The van der Waals surface area contributed by atoms with Crippen molar-refractivity contribution in [2.24, 2.45) is 0 Å². The van der Waals surface area contributed by atoms with Crippen molar-refractivity contribution in [2.45, 2.75) is 30.6 Å². The lowest BCUT2D eigenvalue weighted by atomic mass is 10.1. The Morgan fingerprint density at radius 3 is 2.82 bits per heavy atom. The maximum Gasteiger partial charge on any atom is 0.236 e. The summed E-state index contributed by atoms with van der Waals surface area (Å²) in [5.74, 6) is 0.261. The van der Waals surface area contributed by atoms with Crippen LogP contribution in [-0.2, 0) is 9.53 Å². The Hall–Kier alpha value is -0.130. The second-order valence-corrected chi connectivity index (χ2v) is 6.01. The van der Waals surface area contributed by atoms with Gasteiger partial charge in [-0.25, -0.2) is 0 Å². The van der Waals surface area contributed by atoms with E-state index in [-0.39, 0.29) is 10.7 Å². The lowest BCUT2D eigenvalue weighted by Gasteiger charge is -2.38. The van der Waals surface area contributed by atoms with Gasteiger partial charge >= 0.3 is 0 Å². The molecule has 2 unspecified atom stereocenters. The first-order valence-electron chi connectivity index (χ1n) is 6.43. The van der Waals surface area contributed by atoms with Crippen LogP contribution in [0.5, 0.6) is 0 Å². The van der Waals surface area contributed by atoms with Gasteiger partial charge in [-0.15, -0.1) is 0 Å². The van der Waals surface area contributed by atoms with Gasteiger partial charge in [0, 0.05) is 32.2 Å². The van der Waals surface area contributed by atoms with E-state index in [1.807, 2.05) is 4.90 Å². The highest BCUT2D eigenvalue weighted by molar-refractivity contribution is 9.10. The number of hydrogen-bond donors (Lipinski definition) is 0. The Labute approximate surface area is 111 Å². The van der Waals surface area contributed by atoms with Crippen LogP contribution in [-0.4, -0.2) is 66.0 Å². The summed E-state index contributed by atoms with van der Waals surface area (Å²) in [6, 6.07) is 0.306. The van der Waals surface area contributed by atoms with E-state index in [1.165, 1.54) is 0 Å². The van der Waals surface area contributed by atoms with E-state index >= 15 is 0 Å². The smallest absolute Gasteiger partial charge is 0.236 e. The largest absolute Gasteiger partial charge is 0.379 e. The average Bonchev–Trinajstić information content (AvgIpc) is 2.34.